The van der Waals surface area contributed by atoms with Crippen LogP contribution in [0.3, 0.4) is 0 Å². The van der Waals surface area contributed by atoms with Crippen molar-refractivity contribution in [1.29, 1.82) is 0 Å². The predicted molar refractivity (Wildman–Crippen MR) is 74.1 cm³/mol. The van der Waals surface area contributed by atoms with Gasteiger partial charge in [-0.1, -0.05) is 30.3 Å². The topological polar surface area (TPSA) is 21.3 Å². The number of fused-ring (bicyclic) bond motifs is 1. The number of hydrogen-bond donors (Lipinski definition) is 1. The molecule has 2 aromatic carbocycles. The highest BCUT2D eigenvalue weighted by Gasteiger charge is 2.18. The van der Waals surface area contributed by atoms with Crippen LogP contribution in [-0.4, -0.2) is 7.11 Å². The molecule has 0 aromatic heterocycles. The van der Waals surface area contributed by atoms with Gasteiger partial charge in [-0.05, 0) is 42.2 Å². The number of nitrogens with one attached hydrogen (secondary N) is 1. The average Bonchev–Trinajstić information content (AvgIpc) is 2.47. The van der Waals surface area contributed by atoms with Gasteiger partial charge in [-0.3, -0.25) is 0 Å². The van der Waals surface area contributed by atoms with Gasteiger partial charge in [0.1, 0.15) is 5.75 Å². The maximum atomic E-state index is 5.29. The van der Waals surface area contributed by atoms with Gasteiger partial charge in [0.2, 0.25) is 0 Å². The highest BCUT2D eigenvalue weighted by Crippen LogP contribution is 2.33. The Morgan fingerprint density at radius 1 is 1.11 bits per heavy atom. The fourth-order valence-corrected chi connectivity index (χ4v) is 2.55. The second kappa shape index (κ2) is 4.73. The summed E-state index contributed by atoms with van der Waals surface area (Å²) in [6, 6.07) is 17.2. The second-order valence-corrected chi connectivity index (χ2v) is 4.67. The molecule has 18 heavy (non-hydrogen) atoms. The van der Waals surface area contributed by atoms with E-state index in [9.17, 15) is 0 Å². The van der Waals surface area contributed by atoms with E-state index in [1.165, 1.54) is 16.8 Å². The molecule has 2 heteroatoms. The molecular weight excluding hydrogens is 222 g/mol. The lowest BCUT2D eigenvalue weighted by atomic mass is 9.93. The van der Waals surface area contributed by atoms with Gasteiger partial charge in [-0.25, -0.2) is 0 Å². The van der Waals surface area contributed by atoms with Crippen LogP contribution in [0.25, 0.3) is 0 Å². The van der Waals surface area contributed by atoms with E-state index in [0.717, 1.165) is 18.6 Å². The Balaban J connectivity index is 1.87. The molecule has 1 N–H and O–H groups in total. The maximum Gasteiger partial charge on any atom is 0.119 e. The van der Waals surface area contributed by atoms with Crippen molar-refractivity contribution in [2.45, 2.75) is 18.9 Å². The van der Waals surface area contributed by atoms with Crippen molar-refractivity contribution < 1.29 is 4.74 Å². The van der Waals surface area contributed by atoms with E-state index in [4.69, 9.17) is 4.74 Å². The van der Waals surface area contributed by atoms with Crippen molar-refractivity contribution >= 4 is 5.69 Å². The van der Waals surface area contributed by atoms with Crippen molar-refractivity contribution in [1.82, 2.24) is 0 Å². The van der Waals surface area contributed by atoms with E-state index in [1.54, 1.807) is 7.11 Å². The van der Waals surface area contributed by atoms with Gasteiger partial charge in [0.15, 0.2) is 0 Å². The zero-order valence-corrected chi connectivity index (χ0v) is 10.5. The third-order valence-electron chi connectivity index (χ3n) is 3.55. The molecule has 1 aliphatic rings. The van der Waals surface area contributed by atoms with Crippen LogP contribution in [0.4, 0.5) is 5.69 Å². The maximum absolute atomic E-state index is 5.29. The Kier molecular flexibility index (Phi) is 2.93. The van der Waals surface area contributed by atoms with Crippen LogP contribution in [0.5, 0.6) is 5.75 Å². The van der Waals surface area contributed by atoms with Gasteiger partial charge in [0.05, 0.1) is 13.2 Å². The van der Waals surface area contributed by atoms with Crippen molar-refractivity contribution in [2.75, 3.05) is 12.4 Å². The van der Waals surface area contributed by atoms with Gasteiger partial charge < -0.3 is 10.1 Å². The minimum atomic E-state index is 0.384. The van der Waals surface area contributed by atoms with Crippen LogP contribution in [-0.2, 0) is 6.42 Å². The molecule has 0 saturated carbocycles. The molecule has 0 amide bonds. The smallest absolute Gasteiger partial charge is 0.119 e. The van der Waals surface area contributed by atoms with Gasteiger partial charge in [0.25, 0.3) is 0 Å². The summed E-state index contributed by atoms with van der Waals surface area (Å²) in [6.07, 6.45) is 2.26. The molecule has 0 radical (unpaired) electrons. The molecule has 1 aliphatic heterocycles. The molecule has 0 saturated heterocycles. The fourth-order valence-electron chi connectivity index (χ4n) is 2.55. The van der Waals surface area contributed by atoms with Crippen molar-refractivity contribution in [3.05, 3.63) is 59.7 Å². The van der Waals surface area contributed by atoms with E-state index >= 15 is 0 Å². The summed E-state index contributed by atoms with van der Waals surface area (Å²) in [7, 11) is 1.71. The molecule has 2 nitrogen and oxygen atoms in total. The number of methoxy groups -OCH3 is 1. The van der Waals surface area contributed by atoms with Crippen molar-refractivity contribution in [3.63, 3.8) is 0 Å². The van der Waals surface area contributed by atoms with Crippen molar-refractivity contribution in [3.8, 4) is 5.75 Å². The Hall–Kier alpha value is -1.96. The number of rotatable bonds is 2. The first kappa shape index (κ1) is 11.1. The monoisotopic (exact) mass is 239 g/mol. The number of aryl methyl sites for hydroxylation is 1. The van der Waals surface area contributed by atoms with Crippen LogP contribution in [0, 0.1) is 0 Å². The van der Waals surface area contributed by atoms with Crippen LogP contribution >= 0.6 is 0 Å². The standard InChI is InChI=1S/C16H17NO/c1-18-14-7-4-6-13(11-14)16-10-9-12-5-2-3-8-15(12)17-16/h2-8,11,16-17H,9-10H2,1H3. The van der Waals surface area contributed by atoms with Crippen LogP contribution in [0.2, 0.25) is 0 Å². The van der Waals surface area contributed by atoms with E-state index in [1.807, 2.05) is 6.07 Å². The number of benzene rings is 2. The first-order valence-corrected chi connectivity index (χ1v) is 6.35. The zero-order valence-electron chi connectivity index (χ0n) is 10.5. The van der Waals surface area contributed by atoms with E-state index < -0.39 is 0 Å². The first-order valence-electron chi connectivity index (χ1n) is 6.35. The summed E-state index contributed by atoms with van der Waals surface area (Å²) in [5.41, 5.74) is 3.97. The van der Waals surface area contributed by atoms with Gasteiger partial charge in [-0.15, -0.1) is 0 Å². The molecular formula is C16H17NO. The van der Waals surface area contributed by atoms with Crippen LogP contribution in [0.15, 0.2) is 48.5 Å². The number of anilines is 1. The number of ether oxygens (including phenoxy) is 1. The lowest BCUT2D eigenvalue weighted by Crippen LogP contribution is -2.17. The summed E-state index contributed by atoms with van der Waals surface area (Å²) in [4.78, 5) is 0. The lowest BCUT2D eigenvalue weighted by molar-refractivity contribution is 0.414. The fraction of sp³-hybridized carbons (Fsp3) is 0.250. The Labute approximate surface area is 108 Å². The molecule has 1 atom stereocenters. The first-order chi connectivity index (χ1) is 8.86. The van der Waals surface area contributed by atoms with Crippen molar-refractivity contribution in [2.24, 2.45) is 0 Å². The Morgan fingerprint density at radius 3 is 2.89 bits per heavy atom. The number of para-hydroxylation sites is 1. The Bertz CT molecular complexity index is 550. The molecule has 92 valence electrons. The molecule has 0 aliphatic carbocycles. The summed E-state index contributed by atoms with van der Waals surface area (Å²) < 4.78 is 5.29. The highest BCUT2D eigenvalue weighted by atomic mass is 16.5. The zero-order chi connectivity index (χ0) is 12.4. The molecule has 0 spiro atoms. The minimum absolute atomic E-state index is 0.384. The molecule has 0 fully saturated rings. The van der Waals surface area contributed by atoms with Gasteiger partial charge >= 0.3 is 0 Å². The molecule has 0 bridgehead atoms. The third kappa shape index (κ3) is 2.06. The normalized spacial score (nSPS) is 17.7. The van der Waals surface area contributed by atoms with E-state index in [2.05, 4.69) is 47.8 Å². The molecule has 3 rings (SSSR count). The largest absolute Gasteiger partial charge is 0.497 e. The second-order valence-electron chi connectivity index (χ2n) is 4.67. The van der Waals surface area contributed by atoms with E-state index in [0.29, 0.717) is 6.04 Å². The molecule has 1 unspecified atom stereocenters. The summed E-state index contributed by atoms with van der Waals surface area (Å²) in [5, 5.41) is 3.61. The average molecular weight is 239 g/mol. The number of hydrogen-bond acceptors (Lipinski definition) is 2. The highest BCUT2D eigenvalue weighted by molar-refractivity contribution is 5.55. The predicted octanol–water partition coefficient (Wildman–Crippen LogP) is 3.79. The lowest BCUT2D eigenvalue weighted by Gasteiger charge is -2.27. The summed E-state index contributed by atoms with van der Waals surface area (Å²) in [6.45, 7) is 0. The Morgan fingerprint density at radius 2 is 2.00 bits per heavy atom. The van der Waals surface area contributed by atoms with E-state index in [-0.39, 0.29) is 0 Å². The molecule has 2 aromatic rings. The molecule has 1 heterocycles. The van der Waals surface area contributed by atoms with Gasteiger partial charge in [-0.2, -0.15) is 0 Å². The SMILES string of the molecule is COc1cccc(C2CCc3ccccc3N2)c1. The van der Waals surface area contributed by atoms with Gasteiger partial charge in [0, 0.05) is 5.69 Å². The summed E-state index contributed by atoms with van der Waals surface area (Å²) >= 11 is 0. The third-order valence-corrected chi connectivity index (χ3v) is 3.55. The van der Waals surface area contributed by atoms with Crippen LogP contribution < -0.4 is 10.1 Å². The van der Waals surface area contributed by atoms with Crippen LogP contribution in [0.1, 0.15) is 23.6 Å². The minimum Gasteiger partial charge on any atom is -0.497 e. The summed E-state index contributed by atoms with van der Waals surface area (Å²) in [5.74, 6) is 0.924. The quantitative estimate of drug-likeness (QED) is 0.860.